The van der Waals surface area contributed by atoms with Crippen molar-refractivity contribution in [2.24, 2.45) is 0 Å². The van der Waals surface area contributed by atoms with Crippen LogP contribution in [0.4, 0.5) is 4.39 Å². The van der Waals surface area contributed by atoms with Gasteiger partial charge < -0.3 is 5.32 Å². The maximum Gasteiger partial charge on any atom is 0.128 e. The van der Waals surface area contributed by atoms with Gasteiger partial charge in [-0.3, -0.25) is 10.4 Å². The minimum Gasteiger partial charge on any atom is -0.380 e. The van der Waals surface area contributed by atoms with E-state index in [1.165, 1.54) is 6.07 Å². The molecule has 5 heteroatoms. The van der Waals surface area contributed by atoms with E-state index in [0.29, 0.717) is 23.5 Å². The van der Waals surface area contributed by atoms with E-state index in [9.17, 15) is 4.39 Å². The van der Waals surface area contributed by atoms with Crippen LogP contribution < -0.4 is 5.32 Å². The second-order valence-electron chi connectivity index (χ2n) is 5.14. The molecule has 0 unspecified atom stereocenters. The van der Waals surface area contributed by atoms with E-state index in [0.717, 1.165) is 11.3 Å². The lowest BCUT2D eigenvalue weighted by molar-refractivity contribution is 0.605. The Morgan fingerprint density at radius 3 is 2.71 bits per heavy atom. The van der Waals surface area contributed by atoms with Crippen molar-refractivity contribution in [3.63, 3.8) is 0 Å². The Morgan fingerprint density at radius 1 is 1.17 bits per heavy atom. The number of hydrogen-bond donors (Lipinski definition) is 2. The van der Waals surface area contributed by atoms with Gasteiger partial charge in [-0.1, -0.05) is 24.3 Å². The quantitative estimate of drug-likeness (QED) is 0.652. The van der Waals surface area contributed by atoms with Gasteiger partial charge in [-0.05, 0) is 35.7 Å². The molecule has 0 atom stereocenters. The van der Waals surface area contributed by atoms with Crippen LogP contribution in [0.5, 0.6) is 0 Å². The summed E-state index contributed by atoms with van der Waals surface area (Å²) in [5.74, 6) is -0.241. The molecular formula is C19H16FN3S. The second kappa shape index (κ2) is 7.66. The highest BCUT2D eigenvalue weighted by atomic mass is 32.1. The summed E-state index contributed by atoms with van der Waals surface area (Å²) in [6, 6.07) is 14.1. The van der Waals surface area contributed by atoms with Gasteiger partial charge in [0.1, 0.15) is 5.82 Å². The van der Waals surface area contributed by atoms with Gasteiger partial charge >= 0.3 is 0 Å². The Kier molecular flexibility index (Phi) is 5.13. The molecule has 2 aromatic heterocycles. The molecule has 0 fully saturated rings. The zero-order chi connectivity index (χ0) is 16.8. The molecule has 2 N–H and O–H groups in total. The van der Waals surface area contributed by atoms with Crippen molar-refractivity contribution in [2.45, 2.75) is 6.54 Å². The molecule has 2 heterocycles. The lowest BCUT2D eigenvalue weighted by Crippen LogP contribution is -2.14. The van der Waals surface area contributed by atoms with Gasteiger partial charge in [0.15, 0.2) is 0 Å². The maximum atomic E-state index is 13.8. The van der Waals surface area contributed by atoms with Crippen molar-refractivity contribution >= 4 is 22.7 Å². The van der Waals surface area contributed by atoms with Crippen molar-refractivity contribution in [1.29, 1.82) is 5.41 Å². The zero-order valence-electron chi connectivity index (χ0n) is 12.9. The summed E-state index contributed by atoms with van der Waals surface area (Å²) in [5.41, 5.74) is 3.23. The number of hydrogen-bond acceptors (Lipinski definition) is 4. The van der Waals surface area contributed by atoms with Crippen LogP contribution in [0.1, 0.15) is 16.8 Å². The fourth-order valence-electron chi connectivity index (χ4n) is 2.23. The van der Waals surface area contributed by atoms with Crippen molar-refractivity contribution in [2.75, 3.05) is 0 Å². The van der Waals surface area contributed by atoms with Crippen LogP contribution in [0.15, 0.2) is 71.6 Å². The Balaban J connectivity index is 1.83. The number of nitrogens with one attached hydrogen (secondary N) is 2. The molecule has 3 nitrogen and oxygen atoms in total. The number of nitrogens with zero attached hydrogens (tertiary/aromatic N) is 1. The van der Waals surface area contributed by atoms with Crippen LogP contribution in [-0.2, 0) is 6.54 Å². The highest BCUT2D eigenvalue weighted by Crippen LogP contribution is 2.17. The summed E-state index contributed by atoms with van der Waals surface area (Å²) < 4.78 is 13.8. The topological polar surface area (TPSA) is 48.8 Å². The van der Waals surface area contributed by atoms with Gasteiger partial charge in [0, 0.05) is 34.9 Å². The average molecular weight is 337 g/mol. The molecule has 0 spiro atoms. The summed E-state index contributed by atoms with van der Waals surface area (Å²) in [7, 11) is 0. The van der Waals surface area contributed by atoms with Crippen LogP contribution in [-0.4, -0.2) is 10.7 Å². The summed E-state index contributed by atoms with van der Waals surface area (Å²) in [6.45, 7) is 0.351. The van der Waals surface area contributed by atoms with E-state index in [1.807, 2.05) is 35.0 Å². The molecule has 1 aromatic carbocycles. The van der Waals surface area contributed by atoms with E-state index < -0.39 is 0 Å². The zero-order valence-corrected chi connectivity index (χ0v) is 13.7. The van der Waals surface area contributed by atoms with Gasteiger partial charge in [0.2, 0.25) is 0 Å². The normalized spacial score (nSPS) is 11.3. The Morgan fingerprint density at radius 2 is 2.00 bits per heavy atom. The first-order chi connectivity index (χ1) is 11.7. The van der Waals surface area contributed by atoms with Gasteiger partial charge in [-0.15, -0.1) is 0 Å². The highest BCUT2D eigenvalue weighted by Gasteiger charge is 2.07. The number of benzene rings is 1. The third-order valence-electron chi connectivity index (χ3n) is 3.49. The second-order valence-corrected chi connectivity index (χ2v) is 5.92. The Hall–Kier alpha value is -2.79. The maximum absolute atomic E-state index is 13.8. The van der Waals surface area contributed by atoms with Gasteiger partial charge in [-0.2, -0.15) is 11.3 Å². The third-order valence-corrected chi connectivity index (χ3v) is 4.17. The van der Waals surface area contributed by atoms with E-state index in [-0.39, 0.29) is 5.82 Å². The van der Waals surface area contributed by atoms with Crippen molar-refractivity contribution in [3.8, 4) is 0 Å². The van der Waals surface area contributed by atoms with E-state index in [1.54, 1.807) is 41.8 Å². The molecule has 0 aliphatic heterocycles. The molecule has 120 valence electrons. The standard InChI is InChI=1S/C19H16FN3S/c20-16-6-2-1-5-14(16)12-23-19(15-8-10-24-13-15)11-17(21)18-7-3-4-9-22-18/h1-11,13,21,23H,12H2/b19-11-,21-17?. The summed E-state index contributed by atoms with van der Waals surface area (Å²) in [6.07, 6.45) is 3.39. The van der Waals surface area contributed by atoms with Gasteiger partial charge in [0.25, 0.3) is 0 Å². The number of halogens is 1. The minimum absolute atomic E-state index is 0.241. The Labute approximate surface area is 144 Å². The lowest BCUT2D eigenvalue weighted by atomic mass is 10.1. The number of allylic oxidation sites excluding steroid dienone is 1. The third kappa shape index (κ3) is 3.94. The molecule has 24 heavy (non-hydrogen) atoms. The molecule has 0 aliphatic rings. The molecule has 3 rings (SSSR count). The summed E-state index contributed by atoms with van der Waals surface area (Å²) >= 11 is 1.57. The predicted octanol–water partition coefficient (Wildman–Crippen LogP) is 4.48. The summed E-state index contributed by atoms with van der Waals surface area (Å²) in [4.78, 5) is 4.19. The largest absolute Gasteiger partial charge is 0.380 e. The monoisotopic (exact) mass is 337 g/mol. The van der Waals surface area contributed by atoms with Gasteiger partial charge in [-0.25, -0.2) is 4.39 Å². The van der Waals surface area contributed by atoms with Crippen LogP contribution in [0.25, 0.3) is 5.70 Å². The molecule has 0 radical (unpaired) electrons. The minimum atomic E-state index is -0.241. The molecule has 3 aromatic rings. The van der Waals surface area contributed by atoms with Crippen LogP contribution in [0.3, 0.4) is 0 Å². The first kappa shape index (κ1) is 16.1. The van der Waals surface area contributed by atoms with Crippen molar-refractivity contribution < 1.29 is 4.39 Å². The van der Waals surface area contributed by atoms with Crippen molar-refractivity contribution in [3.05, 3.63) is 94.2 Å². The molecule has 0 bridgehead atoms. The SMILES string of the molecule is N=C(/C=C(\NCc1ccccc1F)c1ccsc1)c1ccccn1. The van der Waals surface area contributed by atoms with Crippen molar-refractivity contribution in [1.82, 2.24) is 10.3 Å². The fourth-order valence-corrected chi connectivity index (χ4v) is 2.88. The van der Waals surface area contributed by atoms with Crippen LogP contribution >= 0.6 is 11.3 Å². The Bertz CT molecular complexity index is 842. The molecule has 0 saturated heterocycles. The van der Waals surface area contributed by atoms with E-state index in [4.69, 9.17) is 5.41 Å². The van der Waals surface area contributed by atoms with Gasteiger partial charge in [0.05, 0.1) is 11.4 Å². The van der Waals surface area contributed by atoms with Crippen LogP contribution in [0.2, 0.25) is 0 Å². The lowest BCUT2D eigenvalue weighted by Gasteiger charge is -2.11. The van der Waals surface area contributed by atoms with E-state index in [2.05, 4.69) is 10.3 Å². The average Bonchev–Trinajstić information content (AvgIpc) is 3.15. The number of pyridine rings is 1. The first-order valence-corrected chi connectivity index (χ1v) is 8.40. The smallest absolute Gasteiger partial charge is 0.128 e. The molecule has 0 aliphatic carbocycles. The molecular weight excluding hydrogens is 321 g/mol. The fraction of sp³-hybridized carbons (Fsp3) is 0.0526. The van der Waals surface area contributed by atoms with E-state index >= 15 is 0 Å². The predicted molar refractivity (Wildman–Crippen MR) is 96.6 cm³/mol. The first-order valence-electron chi connectivity index (χ1n) is 7.45. The van der Waals surface area contributed by atoms with Crippen LogP contribution in [0, 0.1) is 11.2 Å². The number of rotatable bonds is 6. The molecule has 0 saturated carbocycles. The number of thiophene rings is 1. The summed E-state index contributed by atoms with van der Waals surface area (Å²) in [5, 5.41) is 15.4. The highest BCUT2D eigenvalue weighted by molar-refractivity contribution is 7.08. The molecule has 0 amide bonds. The number of aromatic nitrogens is 1.